The maximum absolute atomic E-state index is 11.9. The summed E-state index contributed by atoms with van der Waals surface area (Å²) in [6, 6.07) is 0. The molecule has 6 atom stereocenters. The normalized spacial score (nSPS) is 45.5. The highest BCUT2D eigenvalue weighted by molar-refractivity contribution is 9.12. The molecule has 5 nitrogen and oxygen atoms in total. The Morgan fingerprint density at radius 3 is 2.63 bits per heavy atom. The van der Waals surface area contributed by atoms with Crippen LogP contribution in [-0.4, -0.2) is 16.5 Å². The van der Waals surface area contributed by atoms with Crippen LogP contribution in [0, 0.1) is 49.4 Å². The summed E-state index contributed by atoms with van der Waals surface area (Å²) in [5.41, 5.74) is 0.114. The van der Waals surface area contributed by atoms with Crippen molar-refractivity contribution in [1.29, 1.82) is 0 Å². The molecule has 4 rings (SSSR count). The quantitative estimate of drug-likeness (QED) is 0.354. The third-order valence-corrected chi connectivity index (χ3v) is 8.76. The van der Waals surface area contributed by atoms with Gasteiger partial charge in [0.25, 0.3) is 5.09 Å². The number of carbonyl (C=O) groups is 1. The zero-order valence-corrected chi connectivity index (χ0v) is 17.5. The molecule has 0 aromatic rings. The Kier molecular flexibility index (Phi) is 4.46. The van der Waals surface area contributed by atoms with Crippen LogP contribution in [0.1, 0.15) is 65.2 Å². The van der Waals surface area contributed by atoms with Gasteiger partial charge in [0, 0.05) is 27.8 Å². The topological polar surface area (TPSA) is 69.4 Å². The average Bonchev–Trinajstić information content (AvgIpc) is 2.88. The molecule has 146 valence electrons. The van der Waals surface area contributed by atoms with Crippen molar-refractivity contribution in [1.82, 2.24) is 0 Å². The van der Waals surface area contributed by atoms with E-state index >= 15 is 0 Å². The van der Waals surface area contributed by atoms with Gasteiger partial charge in [-0.05, 0) is 79.0 Å². The van der Waals surface area contributed by atoms with Gasteiger partial charge >= 0.3 is 0 Å². The second-order valence-electron chi connectivity index (χ2n) is 9.33. The molecule has 27 heavy (non-hydrogen) atoms. The number of allylic oxidation sites excluding steroid dienone is 1. The third-order valence-electron chi connectivity index (χ3n) is 8.56. The van der Waals surface area contributed by atoms with E-state index in [1.165, 1.54) is 5.57 Å². The molecule has 3 fully saturated rings. The van der Waals surface area contributed by atoms with E-state index in [9.17, 15) is 14.9 Å². The summed E-state index contributed by atoms with van der Waals surface area (Å²) in [4.78, 5) is 31.2. The molecule has 0 amide bonds. The number of carbonyl (C=O) groups excluding carboxylic acids is 1. The van der Waals surface area contributed by atoms with Gasteiger partial charge in [0.05, 0.1) is 0 Å². The minimum Gasteiger partial charge on any atom is -0.295 e. The lowest BCUT2D eigenvalue weighted by Crippen LogP contribution is -2.55. The first-order valence-electron chi connectivity index (χ1n) is 9.96. The van der Waals surface area contributed by atoms with Crippen LogP contribution in [0.5, 0.6) is 0 Å². The van der Waals surface area contributed by atoms with Crippen molar-refractivity contribution < 1.29 is 14.7 Å². The van der Waals surface area contributed by atoms with E-state index in [1.807, 2.05) is 6.08 Å². The SMILES string of the molecule is C[C@]12CCC(=O)C=C1CC[C@@H]1[C@H]2CC[C@@]2(C)[C@H]1CCC2(C#CBr)O[N+](=O)[O-]. The Bertz CT molecular complexity index is 783. The molecule has 0 heterocycles. The molecule has 0 aromatic carbocycles. The lowest BCUT2D eigenvalue weighted by atomic mass is 9.46. The minimum atomic E-state index is -1.02. The summed E-state index contributed by atoms with van der Waals surface area (Å²) >= 11 is 3.15. The lowest BCUT2D eigenvalue weighted by molar-refractivity contribution is -0.781. The molecule has 0 spiro atoms. The van der Waals surface area contributed by atoms with Crippen LogP contribution < -0.4 is 0 Å². The Hall–Kier alpha value is -1.35. The molecular formula is C21H26BrNO4. The number of rotatable bonds is 2. The van der Waals surface area contributed by atoms with Crippen LogP contribution >= 0.6 is 15.9 Å². The number of hydrogen-bond acceptors (Lipinski definition) is 4. The predicted octanol–water partition coefficient (Wildman–Crippen LogP) is 4.82. The van der Waals surface area contributed by atoms with Crippen LogP contribution in [0.4, 0.5) is 0 Å². The first kappa shape index (κ1) is 19.0. The molecule has 0 saturated heterocycles. The third kappa shape index (κ3) is 2.61. The van der Waals surface area contributed by atoms with E-state index in [1.54, 1.807) is 0 Å². The minimum absolute atomic E-state index is 0.106. The van der Waals surface area contributed by atoms with E-state index in [2.05, 4.69) is 40.5 Å². The summed E-state index contributed by atoms with van der Waals surface area (Å²) in [5, 5.41) is 10.6. The number of halogens is 1. The van der Waals surface area contributed by atoms with Crippen molar-refractivity contribution in [2.75, 3.05) is 0 Å². The molecule has 3 saturated carbocycles. The number of nitrogens with zero attached hydrogens (tertiary/aromatic N) is 1. The van der Waals surface area contributed by atoms with Gasteiger partial charge in [0.2, 0.25) is 0 Å². The van der Waals surface area contributed by atoms with E-state index < -0.39 is 10.7 Å². The van der Waals surface area contributed by atoms with Gasteiger partial charge in [0.1, 0.15) is 0 Å². The van der Waals surface area contributed by atoms with E-state index in [0.717, 1.165) is 38.5 Å². The molecule has 1 unspecified atom stereocenters. The predicted molar refractivity (Wildman–Crippen MR) is 104 cm³/mol. The van der Waals surface area contributed by atoms with Crippen molar-refractivity contribution in [2.24, 2.45) is 28.6 Å². The van der Waals surface area contributed by atoms with Crippen molar-refractivity contribution >= 4 is 21.7 Å². The molecule has 6 heteroatoms. The van der Waals surface area contributed by atoms with Crippen molar-refractivity contribution in [3.8, 4) is 10.8 Å². The van der Waals surface area contributed by atoms with Crippen LogP contribution in [0.25, 0.3) is 0 Å². The van der Waals surface area contributed by atoms with Crippen LogP contribution in [0.2, 0.25) is 0 Å². The second kappa shape index (κ2) is 6.34. The van der Waals surface area contributed by atoms with E-state index in [0.29, 0.717) is 30.6 Å². The summed E-state index contributed by atoms with van der Waals surface area (Å²) in [5.74, 6) is 4.76. The number of hydrogen-bond donors (Lipinski definition) is 0. The highest BCUT2D eigenvalue weighted by Gasteiger charge is 2.65. The van der Waals surface area contributed by atoms with Crippen molar-refractivity contribution in [2.45, 2.75) is 70.8 Å². The molecule has 0 bridgehead atoms. The zero-order valence-electron chi connectivity index (χ0n) is 15.9. The molecule has 0 N–H and O–H groups in total. The highest BCUT2D eigenvalue weighted by atomic mass is 79.9. The maximum atomic E-state index is 11.9. The van der Waals surface area contributed by atoms with Crippen LogP contribution in [-0.2, 0) is 9.63 Å². The number of fused-ring (bicyclic) bond motifs is 5. The molecule has 4 aliphatic rings. The first-order chi connectivity index (χ1) is 12.8. The fourth-order valence-corrected chi connectivity index (χ4v) is 7.46. The maximum Gasteiger partial charge on any atom is 0.296 e. The molecule has 0 radical (unpaired) electrons. The molecule has 4 aliphatic carbocycles. The largest absolute Gasteiger partial charge is 0.296 e. The fraction of sp³-hybridized carbons (Fsp3) is 0.762. The monoisotopic (exact) mass is 435 g/mol. The van der Waals surface area contributed by atoms with E-state index in [-0.39, 0.29) is 16.6 Å². The Morgan fingerprint density at radius 1 is 1.19 bits per heavy atom. The van der Waals surface area contributed by atoms with E-state index in [4.69, 9.17) is 4.84 Å². The summed E-state index contributed by atoms with van der Waals surface area (Å²) < 4.78 is 0. The van der Waals surface area contributed by atoms with Gasteiger partial charge < -0.3 is 0 Å². The highest BCUT2D eigenvalue weighted by Crippen LogP contribution is 2.68. The molecular weight excluding hydrogens is 410 g/mol. The van der Waals surface area contributed by atoms with Crippen LogP contribution in [0.3, 0.4) is 0 Å². The van der Waals surface area contributed by atoms with Gasteiger partial charge in [-0.1, -0.05) is 25.3 Å². The zero-order chi connectivity index (χ0) is 19.4. The Morgan fingerprint density at radius 2 is 1.93 bits per heavy atom. The molecule has 0 aliphatic heterocycles. The second-order valence-corrected chi connectivity index (χ2v) is 9.72. The number of ketones is 1. The van der Waals surface area contributed by atoms with Gasteiger partial charge in [-0.15, -0.1) is 10.1 Å². The van der Waals surface area contributed by atoms with Gasteiger partial charge in [0.15, 0.2) is 11.4 Å². The smallest absolute Gasteiger partial charge is 0.295 e. The standard InChI is InChI=1S/C21H26BrNO4/c1-19-8-5-15(24)13-14(19)3-4-16-17(19)6-9-20(2)18(16)7-10-21(20,11-12-22)27-23(25)26/h13,16-18H,3-10H2,1-2H3/t16-,17-,18+,19+,20+,21?/m1/s1. The van der Waals surface area contributed by atoms with Crippen molar-refractivity contribution in [3.05, 3.63) is 21.8 Å². The van der Waals surface area contributed by atoms with Gasteiger partial charge in [-0.2, -0.15) is 0 Å². The van der Waals surface area contributed by atoms with Gasteiger partial charge in [-0.3, -0.25) is 9.63 Å². The summed E-state index contributed by atoms with van der Waals surface area (Å²) in [6.45, 7) is 4.50. The van der Waals surface area contributed by atoms with Crippen LogP contribution in [0.15, 0.2) is 11.6 Å². The fourth-order valence-electron chi connectivity index (χ4n) is 7.14. The Labute approximate surface area is 168 Å². The summed E-state index contributed by atoms with van der Waals surface area (Å²) in [6.07, 6.45) is 8.97. The Balaban J connectivity index is 1.70. The van der Waals surface area contributed by atoms with Gasteiger partial charge in [-0.25, -0.2) is 0 Å². The first-order valence-corrected chi connectivity index (χ1v) is 10.8. The molecule has 0 aromatic heterocycles. The van der Waals surface area contributed by atoms with Crippen molar-refractivity contribution in [3.63, 3.8) is 0 Å². The lowest BCUT2D eigenvalue weighted by Gasteiger charge is -2.58. The summed E-state index contributed by atoms with van der Waals surface area (Å²) in [7, 11) is 0. The average molecular weight is 436 g/mol.